The highest BCUT2D eigenvalue weighted by Crippen LogP contribution is 2.32. The number of aromatic nitrogens is 4. The predicted molar refractivity (Wildman–Crippen MR) is 102 cm³/mol. The topological polar surface area (TPSA) is 126 Å². The third-order valence-electron chi connectivity index (χ3n) is 4.98. The van der Waals surface area contributed by atoms with Crippen molar-refractivity contribution in [2.45, 2.75) is 38.0 Å². The van der Waals surface area contributed by atoms with Crippen LogP contribution in [-0.2, 0) is 11.3 Å². The molecule has 148 valence electrons. The van der Waals surface area contributed by atoms with Gasteiger partial charge in [0.05, 0.1) is 12.9 Å². The lowest BCUT2D eigenvalue weighted by molar-refractivity contribution is -0.0511. The summed E-state index contributed by atoms with van der Waals surface area (Å²) in [4.78, 5) is 12.8. The first-order chi connectivity index (χ1) is 13.5. The maximum absolute atomic E-state index is 10.3. The van der Waals surface area contributed by atoms with Gasteiger partial charge >= 0.3 is 0 Å². The Balaban J connectivity index is 1.61. The summed E-state index contributed by atoms with van der Waals surface area (Å²) in [5.41, 5.74) is 2.95. The van der Waals surface area contributed by atoms with Gasteiger partial charge in [-0.25, -0.2) is 15.0 Å². The maximum atomic E-state index is 10.3. The Morgan fingerprint density at radius 1 is 1.21 bits per heavy atom. The Hall–Kier alpha value is -2.30. The van der Waals surface area contributed by atoms with Crippen molar-refractivity contribution in [3.8, 4) is 0 Å². The highest BCUT2D eigenvalue weighted by molar-refractivity contribution is 6.31. The molecule has 9 nitrogen and oxygen atoms in total. The van der Waals surface area contributed by atoms with Crippen LogP contribution in [0.3, 0.4) is 0 Å². The van der Waals surface area contributed by atoms with Crippen LogP contribution in [0, 0.1) is 6.92 Å². The summed E-state index contributed by atoms with van der Waals surface area (Å²) in [6.07, 6.45) is -1.34. The molecule has 0 unspecified atom stereocenters. The van der Waals surface area contributed by atoms with Gasteiger partial charge in [0.15, 0.2) is 23.2 Å². The maximum Gasteiger partial charge on any atom is 0.167 e. The molecule has 3 heterocycles. The van der Waals surface area contributed by atoms with Gasteiger partial charge in [0.2, 0.25) is 0 Å². The third-order valence-corrected chi connectivity index (χ3v) is 5.39. The molecule has 4 atom stereocenters. The number of imidazole rings is 1. The highest BCUT2D eigenvalue weighted by atomic mass is 35.5. The molecule has 0 radical (unpaired) electrons. The average molecular weight is 406 g/mol. The first kappa shape index (κ1) is 19.0. The molecule has 28 heavy (non-hydrogen) atoms. The van der Waals surface area contributed by atoms with E-state index in [0.29, 0.717) is 28.5 Å². The molecule has 0 saturated carbocycles. The van der Waals surface area contributed by atoms with E-state index in [1.807, 2.05) is 25.1 Å². The van der Waals surface area contributed by atoms with Crippen LogP contribution in [-0.4, -0.2) is 59.8 Å². The summed E-state index contributed by atoms with van der Waals surface area (Å²) in [5, 5.41) is 33.5. The smallest absolute Gasteiger partial charge is 0.167 e. The summed E-state index contributed by atoms with van der Waals surface area (Å²) >= 11 is 6.17. The molecule has 1 fully saturated rings. The zero-order valence-corrected chi connectivity index (χ0v) is 15.8. The molecule has 0 amide bonds. The summed E-state index contributed by atoms with van der Waals surface area (Å²) in [6, 6.07) is 5.70. The van der Waals surface area contributed by atoms with Crippen molar-refractivity contribution in [2.24, 2.45) is 0 Å². The van der Waals surface area contributed by atoms with Crippen molar-refractivity contribution in [2.75, 3.05) is 11.9 Å². The van der Waals surface area contributed by atoms with Crippen LogP contribution >= 0.6 is 11.6 Å². The molecule has 0 bridgehead atoms. The quantitative estimate of drug-likeness (QED) is 0.495. The van der Waals surface area contributed by atoms with E-state index in [9.17, 15) is 15.3 Å². The standard InChI is InChI=1S/C18H20ClN5O4/c1-9-10(3-2-4-11(9)19)5-20-16-13-17(22-7-21-16)24(8-23-13)18-15(27)14(26)12(6-25)28-18/h2-4,7-8,12,14-15,18,25-27H,5-6H2,1H3,(H,20,21,22)/t12-,14-,15-,18-/m1/s1. The molecule has 1 saturated heterocycles. The fraction of sp³-hybridized carbons (Fsp3) is 0.389. The first-order valence-corrected chi connectivity index (χ1v) is 9.17. The summed E-state index contributed by atoms with van der Waals surface area (Å²) in [6.45, 7) is 2.05. The number of aliphatic hydroxyl groups excluding tert-OH is 3. The Morgan fingerprint density at radius 2 is 2.04 bits per heavy atom. The van der Waals surface area contributed by atoms with E-state index in [0.717, 1.165) is 11.1 Å². The molecular formula is C18H20ClN5O4. The minimum Gasteiger partial charge on any atom is -0.394 e. The van der Waals surface area contributed by atoms with Crippen LogP contribution in [0.15, 0.2) is 30.9 Å². The summed E-state index contributed by atoms with van der Waals surface area (Å²) in [7, 11) is 0. The Labute approximate surface area is 165 Å². The number of nitrogens with zero attached hydrogens (tertiary/aromatic N) is 4. The number of ether oxygens (including phenoxy) is 1. The predicted octanol–water partition coefficient (Wildman–Crippen LogP) is 1.01. The summed E-state index contributed by atoms with van der Waals surface area (Å²) < 4.78 is 7.09. The number of benzene rings is 1. The zero-order chi connectivity index (χ0) is 19.8. The molecule has 1 aromatic carbocycles. The Kier molecular flexibility index (Phi) is 5.17. The van der Waals surface area contributed by atoms with Gasteiger partial charge in [-0.3, -0.25) is 4.57 Å². The number of fused-ring (bicyclic) bond motifs is 1. The molecule has 2 aromatic heterocycles. The molecular weight excluding hydrogens is 386 g/mol. The van der Waals surface area contributed by atoms with E-state index in [1.54, 1.807) is 0 Å². The van der Waals surface area contributed by atoms with Gasteiger partial charge in [-0.2, -0.15) is 0 Å². The minimum atomic E-state index is -1.21. The van der Waals surface area contributed by atoms with Crippen molar-refractivity contribution in [3.63, 3.8) is 0 Å². The van der Waals surface area contributed by atoms with Crippen molar-refractivity contribution in [3.05, 3.63) is 47.0 Å². The van der Waals surface area contributed by atoms with Crippen LogP contribution < -0.4 is 5.32 Å². The fourth-order valence-corrected chi connectivity index (χ4v) is 3.49. The Bertz CT molecular complexity index is 997. The van der Waals surface area contributed by atoms with E-state index in [-0.39, 0.29) is 0 Å². The normalized spacial score (nSPS) is 24.8. The highest BCUT2D eigenvalue weighted by Gasteiger charge is 2.44. The van der Waals surface area contributed by atoms with Crippen molar-refractivity contribution in [1.29, 1.82) is 0 Å². The van der Waals surface area contributed by atoms with Gasteiger partial charge in [0.25, 0.3) is 0 Å². The second kappa shape index (κ2) is 7.61. The molecule has 1 aliphatic heterocycles. The van der Waals surface area contributed by atoms with Gasteiger partial charge in [0.1, 0.15) is 24.6 Å². The number of nitrogens with one attached hydrogen (secondary N) is 1. The van der Waals surface area contributed by atoms with Gasteiger partial charge in [-0.15, -0.1) is 0 Å². The molecule has 1 aliphatic rings. The van der Waals surface area contributed by atoms with E-state index < -0.39 is 31.1 Å². The van der Waals surface area contributed by atoms with E-state index in [4.69, 9.17) is 16.3 Å². The van der Waals surface area contributed by atoms with E-state index in [1.165, 1.54) is 17.2 Å². The molecule has 4 rings (SSSR count). The third kappa shape index (κ3) is 3.21. The van der Waals surface area contributed by atoms with Crippen LogP contribution in [0.2, 0.25) is 5.02 Å². The lowest BCUT2D eigenvalue weighted by atomic mass is 10.1. The number of rotatable bonds is 5. The van der Waals surface area contributed by atoms with E-state index in [2.05, 4.69) is 20.3 Å². The molecule has 0 aliphatic carbocycles. The van der Waals surface area contributed by atoms with Gasteiger partial charge in [0, 0.05) is 11.6 Å². The van der Waals surface area contributed by atoms with Crippen LogP contribution in [0.25, 0.3) is 11.2 Å². The largest absolute Gasteiger partial charge is 0.394 e. The average Bonchev–Trinajstić information content (AvgIpc) is 3.25. The first-order valence-electron chi connectivity index (χ1n) is 8.79. The van der Waals surface area contributed by atoms with Gasteiger partial charge in [-0.05, 0) is 24.1 Å². The lowest BCUT2D eigenvalue weighted by Crippen LogP contribution is -2.33. The van der Waals surface area contributed by atoms with Crippen molar-refractivity contribution >= 4 is 28.6 Å². The minimum absolute atomic E-state index is 0.401. The zero-order valence-electron chi connectivity index (χ0n) is 15.0. The number of hydrogen-bond acceptors (Lipinski definition) is 8. The van der Waals surface area contributed by atoms with Gasteiger partial charge in [-0.1, -0.05) is 23.7 Å². The number of halogens is 1. The van der Waals surface area contributed by atoms with Crippen molar-refractivity contribution in [1.82, 2.24) is 19.5 Å². The molecule has 0 spiro atoms. The van der Waals surface area contributed by atoms with Crippen LogP contribution in [0.4, 0.5) is 5.82 Å². The SMILES string of the molecule is Cc1c(Cl)cccc1CNc1ncnc2c1ncn2[C@@H]1O[C@H](CO)[C@@H](O)[C@H]1O. The van der Waals surface area contributed by atoms with E-state index >= 15 is 0 Å². The lowest BCUT2D eigenvalue weighted by Gasteiger charge is -2.16. The number of anilines is 1. The van der Waals surface area contributed by atoms with Crippen LogP contribution in [0.1, 0.15) is 17.4 Å². The summed E-state index contributed by atoms with van der Waals surface area (Å²) in [5.74, 6) is 0.523. The van der Waals surface area contributed by atoms with Gasteiger partial charge < -0.3 is 25.4 Å². The second-order valence-electron chi connectivity index (χ2n) is 6.65. The number of hydrogen-bond donors (Lipinski definition) is 4. The van der Waals surface area contributed by atoms with Crippen LogP contribution in [0.5, 0.6) is 0 Å². The molecule has 10 heteroatoms. The Morgan fingerprint density at radius 3 is 2.79 bits per heavy atom. The molecule has 3 aromatic rings. The number of aliphatic hydroxyl groups is 3. The monoisotopic (exact) mass is 405 g/mol. The fourth-order valence-electron chi connectivity index (χ4n) is 3.30. The second-order valence-corrected chi connectivity index (χ2v) is 7.06. The molecule has 4 N–H and O–H groups in total. The van der Waals surface area contributed by atoms with Crippen molar-refractivity contribution < 1.29 is 20.1 Å².